The molecular formula is C31H46N2O9. The predicted octanol–water partition coefficient (Wildman–Crippen LogP) is 3.94. The zero-order valence-electron chi connectivity index (χ0n) is 25.4. The second-order valence-electron chi connectivity index (χ2n) is 12.1. The van der Waals surface area contributed by atoms with Crippen molar-refractivity contribution < 1.29 is 42.9 Å². The Morgan fingerprint density at radius 3 is 2.48 bits per heavy atom. The third kappa shape index (κ3) is 7.80. The van der Waals surface area contributed by atoms with Gasteiger partial charge in [0.25, 0.3) is 0 Å². The molecule has 0 bridgehead atoms. The van der Waals surface area contributed by atoms with Crippen LogP contribution in [-0.4, -0.2) is 81.0 Å². The molecule has 1 spiro atoms. The van der Waals surface area contributed by atoms with Crippen LogP contribution in [0.25, 0.3) is 0 Å². The fourth-order valence-electron chi connectivity index (χ4n) is 6.28. The van der Waals surface area contributed by atoms with Crippen LogP contribution in [0.15, 0.2) is 30.3 Å². The van der Waals surface area contributed by atoms with Gasteiger partial charge < -0.3 is 33.8 Å². The Morgan fingerprint density at radius 2 is 1.83 bits per heavy atom. The number of alkyl carbamates (subject to hydrolysis) is 1. The summed E-state index contributed by atoms with van der Waals surface area (Å²) >= 11 is 0. The summed E-state index contributed by atoms with van der Waals surface area (Å²) < 4.78 is 29.0. The lowest BCUT2D eigenvalue weighted by Gasteiger charge is -2.42. The summed E-state index contributed by atoms with van der Waals surface area (Å²) in [7, 11) is 2.91. The van der Waals surface area contributed by atoms with Crippen LogP contribution in [0.4, 0.5) is 4.79 Å². The van der Waals surface area contributed by atoms with E-state index in [2.05, 4.69) is 31.6 Å². The molecule has 1 aromatic carbocycles. The van der Waals surface area contributed by atoms with Crippen molar-refractivity contribution in [3.8, 4) is 0 Å². The second kappa shape index (κ2) is 14.2. The van der Waals surface area contributed by atoms with E-state index in [1.807, 2.05) is 6.07 Å². The van der Waals surface area contributed by atoms with E-state index in [1.165, 1.54) is 7.11 Å². The average molecular weight is 591 g/mol. The summed E-state index contributed by atoms with van der Waals surface area (Å²) in [6.07, 6.45) is 3.38. The molecule has 3 fully saturated rings. The minimum Gasteiger partial charge on any atom is -0.467 e. The molecule has 2 saturated heterocycles. The highest BCUT2D eigenvalue weighted by Crippen LogP contribution is 2.59. The van der Waals surface area contributed by atoms with Crippen LogP contribution in [0.3, 0.4) is 0 Å². The number of ether oxygens (including phenoxy) is 5. The number of benzene rings is 1. The van der Waals surface area contributed by atoms with Crippen molar-refractivity contribution in [2.75, 3.05) is 27.4 Å². The first-order chi connectivity index (χ1) is 20.1. The van der Waals surface area contributed by atoms with E-state index in [9.17, 15) is 14.4 Å². The van der Waals surface area contributed by atoms with E-state index >= 15 is 0 Å². The van der Waals surface area contributed by atoms with E-state index < -0.39 is 41.9 Å². The van der Waals surface area contributed by atoms with Crippen LogP contribution in [0, 0.1) is 11.8 Å². The van der Waals surface area contributed by atoms with Crippen LogP contribution in [0.2, 0.25) is 0 Å². The summed E-state index contributed by atoms with van der Waals surface area (Å²) in [4.78, 5) is 42.5. The molecule has 11 nitrogen and oxygen atoms in total. The number of hydrogen-bond donors (Lipinski definition) is 2. The maximum atomic E-state index is 13.0. The van der Waals surface area contributed by atoms with Crippen molar-refractivity contribution in [1.82, 2.24) is 10.8 Å². The van der Waals surface area contributed by atoms with Gasteiger partial charge in [-0.05, 0) is 69.9 Å². The molecule has 1 amide bonds. The van der Waals surface area contributed by atoms with Gasteiger partial charge in [0, 0.05) is 13.7 Å². The number of rotatable bonds is 15. The number of carbonyl (C=O) groups is 3. The maximum Gasteiger partial charge on any atom is 0.408 e. The fraction of sp³-hybridized carbons (Fsp3) is 0.710. The molecule has 0 radical (unpaired) electrons. The number of carbonyl (C=O) groups excluding carboxylic acids is 3. The monoisotopic (exact) mass is 590 g/mol. The predicted molar refractivity (Wildman–Crippen MR) is 152 cm³/mol. The number of nitrogens with one attached hydrogen (secondary N) is 2. The van der Waals surface area contributed by atoms with E-state index in [1.54, 1.807) is 31.4 Å². The van der Waals surface area contributed by atoms with E-state index in [4.69, 9.17) is 28.5 Å². The Bertz CT molecular complexity index is 1060. The van der Waals surface area contributed by atoms with Gasteiger partial charge in [-0.25, -0.2) is 14.4 Å². The van der Waals surface area contributed by atoms with E-state index in [0.29, 0.717) is 50.3 Å². The van der Waals surface area contributed by atoms with Gasteiger partial charge in [0.1, 0.15) is 29.5 Å². The molecule has 11 heteroatoms. The van der Waals surface area contributed by atoms with Crippen molar-refractivity contribution in [1.29, 1.82) is 0 Å². The third-order valence-corrected chi connectivity index (χ3v) is 8.74. The van der Waals surface area contributed by atoms with E-state index in [0.717, 1.165) is 19.3 Å². The van der Waals surface area contributed by atoms with Crippen LogP contribution >= 0.6 is 0 Å². The van der Waals surface area contributed by atoms with Gasteiger partial charge in [0.2, 0.25) is 0 Å². The van der Waals surface area contributed by atoms with Gasteiger partial charge in [0.05, 0.1) is 31.3 Å². The highest BCUT2D eigenvalue weighted by atomic mass is 16.7. The number of unbranched alkanes of at least 4 members (excludes halogenated alkanes) is 1. The van der Waals surface area contributed by atoms with Gasteiger partial charge in [-0.1, -0.05) is 32.0 Å². The van der Waals surface area contributed by atoms with Gasteiger partial charge in [-0.15, -0.1) is 0 Å². The number of hydroxylamine groups is 1. The fourth-order valence-corrected chi connectivity index (χ4v) is 6.28. The molecule has 1 aliphatic carbocycles. The lowest BCUT2D eigenvalue weighted by atomic mass is 9.68. The lowest BCUT2D eigenvalue weighted by molar-refractivity contribution is -0.143. The van der Waals surface area contributed by atoms with Crippen molar-refractivity contribution in [2.24, 2.45) is 11.8 Å². The summed E-state index contributed by atoms with van der Waals surface area (Å²) in [6, 6.07) is 7.79. The number of esters is 1. The third-order valence-electron chi connectivity index (χ3n) is 8.74. The van der Waals surface area contributed by atoms with Crippen LogP contribution < -0.4 is 10.8 Å². The molecule has 1 aromatic rings. The molecule has 7 atom stereocenters. The first-order valence-corrected chi connectivity index (χ1v) is 15.0. The second-order valence-corrected chi connectivity index (χ2v) is 12.1. The molecule has 3 unspecified atom stereocenters. The minimum atomic E-state index is -0.877. The van der Waals surface area contributed by atoms with Crippen molar-refractivity contribution in [3.63, 3.8) is 0 Å². The number of hydrogen-bond acceptors (Lipinski definition) is 10. The Balaban J connectivity index is 1.25. The van der Waals surface area contributed by atoms with Crippen LogP contribution in [0.5, 0.6) is 0 Å². The van der Waals surface area contributed by atoms with Gasteiger partial charge >= 0.3 is 18.0 Å². The first-order valence-electron chi connectivity index (χ1n) is 15.0. The summed E-state index contributed by atoms with van der Waals surface area (Å²) in [5.74, 6) is -0.513. The zero-order chi connectivity index (χ0) is 30.3. The molecule has 1 saturated carbocycles. The lowest BCUT2D eigenvalue weighted by Crippen LogP contribution is -2.56. The SMILES string of the molecule is COC(=O)[C@@H](CCCCNOC(=O)c1ccccc1)NC(=O)OC1CC[C@]2(CO2)C([C@@]2(C)O[C@@H]2CCC(C)C)C1OC. The van der Waals surface area contributed by atoms with Gasteiger partial charge in [0.15, 0.2) is 0 Å². The van der Waals surface area contributed by atoms with Gasteiger partial charge in [-0.3, -0.25) is 0 Å². The Hall–Kier alpha value is -2.73. The van der Waals surface area contributed by atoms with Crippen molar-refractivity contribution in [2.45, 2.75) is 101 Å². The molecule has 2 aliphatic heterocycles. The van der Waals surface area contributed by atoms with Gasteiger partial charge in [-0.2, -0.15) is 5.48 Å². The number of methoxy groups -OCH3 is 2. The number of amides is 1. The first kappa shape index (κ1) is 32.2. The highest BCUT2D eigenvalue weighted by molar-refractivity contribution is 5.89. The normalized spacial score (nSPS) is 30.4. The number of epoxide rings is 2. The molecule has 2 N–H and O–H groups in total. The minimum absolute atomic E-state index is 0.0707. The van der Waals surface area contributed by atoms with Crippen molar-refractivity contribution in [3.05, 3.63) is 35.9 Å². The summed E-state index contributed by atoms with van der Waals surface area (Å²) in [5, 5.41) is 2.68. The topological polar surface area (TPSA) is 137 Å². The molecule has 42 heavy (non-hydrogen) atoms. The standard InChI is InChI=1S/C31H46N2O9/c1-20(2)14-15-24-30(3,41-24)26-25(37-4)23(16-17-31(26)19-39-31)40-29(36)33-22(28(35)38-5)13-9-10-18-32-42-27(34)21-11-7-6-8-12-21/h6-8,11-12,20,22-26,32H,9-10,13-19H2,1-5H3,(H,33,36)/t22-,23?,24-,25?,26?,30+,31+/m1/s1. The molecule has 0 aromatic heterocycles. The van der Waals surface area contributed by atoms with Crippen LogP contribution in [-0.2, 0) is 33.3 Å². The maximum absolute atomic E-state index is 13.0. The molecular weight excluding hydrogens is 544 g/mol. The quantitative estimate of drug-likeness (QED) is 0.102. The van der Waals surface area contributed by atoms with Crippen molar-refractivity contribution >= 4 is 18.0 Å². The smallest absolute Gasteiger partial charge is 0.408 e. The molecule has 3 aliphatic rings. The van der Waals surface area contributed by atoms with E-state index in [-0.39, 0.29) is 17.6 Å². The summed E-state index contributed by atoms with van der Waals surface area (Å²) in [5.41, 5.74) is 2.38. The van der Waals surface area contributed by atoms with Crippen LogP contribution in [0.1, 0.15) is 76.1 Å². The summed E-state index contributed by atoms with van der Waals surface area (Å²) in [6.45, 7) is 7.56. The molecule has 2 heterocycles. The Kier molecular flexibility index (Phi) is 10.9. The largest absolute Gasteiger partial charge is 0.467 e. The molecule has 4 rings (SSSR count). The zero-order valence-corrected chi connectivity index (χ0v) is 25.4. The highest BCUT2D eigenvalue weighted by Gasteiger charge is 2.72. The average Bonchev–Trinajstić information content (AvgIpc) is 3.90. The molecule has 234 valence electrons. The Labute approximate surface area is 248 Å². The Morgan fingerprint density at radius 1 is 1.10 bits per heavy atom.